The van der Waals surface area contributed by atoms with E-state index in [9.17, 15) is 4.39 Å². The molecule has 0 radical (unpaired) electrons. The number of benzene rings is 2. The van der Waals surface area contributed by atoms with Crippen molar-refractivity contribution in [2.45, 2.75) is 18.5 Å². The lowest BCUT2D eigenvalue weighted by molar-refractivity contribution is 0.0540. The van der Waals surface area contributed by atoms with Crippen LogP contribution >= 0.6 is 0 Å². The molecule has 3 aromatic heterocycles. The van der Waals surface area contributed by atoms with Crippen LogP contribution < -0.4 is 10.1 Å². The van der Waals surface area contributed by atoms with E-state index < -0.39 is 5.67 Å². The number of halogens is 1. The highest BCUT2D eigenvalue weighted by atomic mass is 19.1. The molecule has 5 aromatic rings. The zero-order valence-corrected chi connectivity index (χ0v) is 18.6. The van der Waals surface area contributed by atoms with E-state index in [4.69, 9.17) is 9.72 Å². The summed E-state index contributed by atoms with van der Waals surface area (Å²) in [5.74, 6) is 1.33. The van der Waals surface area contributed by atoms with E-state index in [-0.39, 0.29) is 6.61 Å². The summed E-state index contributed by atoms with van der Waals surface area (Å²) in [7, 11) is 0. The second-order valence-electron chi connectivity index (χ2n) is 8.78. The molecular formula is C27H24FN5O. The van der Waals surface area contributed by atoms with Crippen molar-refractivity contribution in [2.75, 3.05) is 19.7 Å². The highest BCUT2D eigenvalue weighted by molar-refractivity contribution is 5.82. The van der Waals surface area contributed by atoms with E-state index >= 15 is 0 Å². The van der Waals surface area contributed by atoms with Crippen molar-refractivity contribution >= 4 is 16.6 Å². The maximum atomic E-state index is 14.9. The topological polar surface area (TPSA) is 64.3 Å². The van der Waals surface area contributed by atoms with Crippen molar-refractivity contribution in [3.05, 3.63) is 79.0 Å². The molecule has 0 bridgehead atoms. The summed E-state index contributed by atoms with van der Waals surface area (Å²) in [5.41, 5.74) is 3.25. The Bertz CT molecular complexity index is 1460. The fraction of sp³-hybridized carbons (Fsp3) is 0.222. The first-order chi connectivity index (χ1) is 16.7. The molecule has 1 aliphatic heterocycles. The molecule has 0 unspecified atom stereocenters. The third kappa shape index (κ3) is 3.99. The van der Waals surface area contributed by atoms with Crippen LogP contribution in [0.3, 0.4) is 0 Å². The van der Waals surface area contributed by atoms with Crippen LogP contribution in [0.5, 0.6) is 5.75 Å². The highest BCUT2D eigenvalue weighted by Gasteiger charge is 2.32. The zero-order valence-electron chi connectivity index (χ0n) is 18.6. The molecule has 0 spiro atoms. The van der Waals surface area contributed by atoms with Gasteiger partial charge in [-0.15, -0.1) is 10.2 Å². The van der Waals surface area contributed by atoms with Crippen molar-refractivity contribution in [2.24, 2.45) is 0 Å². The number of ether oxygens (including phenoxy) is 1. The molecule has 1 fully saturated rings. The molecule has 1 aliphatic rings. The average Bonchev–Trinajstić information content (AvgIpc) is 3.31. The molecular weight excluding hydrogens is 429 g/mol. The lowest BCUT2D eigenvalue weighted by Gasteiger charge is -2.29. The number of fused-ring (bicyclic) bond motifs is 2. The largest absolute Gasteiger partial charge is 0.490 e. The maximum Gasteiger partial charge on any atom is 0.187 e. The minimum absolute atomic E-state index is 0.0706. The summed E-state index contributed by atoms with van der Waals surface area (Å²) < 4.78 is 22.6. The SMILES string of the molecule is FC1(COc2ccc3nc(-c4nnc5ccc(-c6ccccc6)cn45)ccc3c2)CCNCC1. The van der Waals surface area contributed by atoms with Gasteiger partial charge in [0.1, 0.15) is 23.7 Å². The van der Waals surface area contributed by atoms with Crippen molar-refractivity contribution < 1.29 is 9.13 Å². The Labute approximate surface area is 196 Å². The number of nitrogens with one attached hydrogen (secondary N) is 1. The van der Waals surface area contributed by atoms with Gasteiger partial charge >= 0.3 is 0 Å². The molecule has 6 nitrogen and oxygen atoms in total. The first-order valence-electron chi connectivity index (χ1n) is 11.5. The summed E-state index contributed by atoms with van der Waals surface area (Å²) in [5, 5.41) is 12.8. The van der Waals surface area contributed by atoms with Crippen molar-refractivity contribution in [1.82, 2.24) is 24.9 Å². The van der Waals surface area contributed by atoms with Gasteiger partial charge in [-0.05, 0) is 73.5 Å². The Morgan fingerprint density at radius 1 is 0.912 bits per heavy atom. The fourth-order valence-corrected chi connectivity index (χ4v) is 4.42. The molecule has 0 atom stereocenters. The van der Waals surface area contributed by atoms with E-state index in [1.54, 1.807) is 0 Å². The number of pyridine rings is 2. The molecule has 6 rings (SSSR count). The fourth-order valence-electron chi connectivity index (χ4n) is 4.42. The molecule has 0 amide bonds. The van der Waals surface area contributed by atoms with Gasteiger partial charge in [-0.1, -0.05) is 36.4 Å². The molecule has 34 heavy (non-hydrogen) atoms. The van der Waals surface area contributed by atoms with Crippen LogP contribution in [0, 0.1) is 0 Å². The molecule has 170 valence electrons. The Morgan fingerprint density at radius 2 is 1.76 bits per heavy atom. The summed E-state index contributed by atoms with van der Waals surface area (Å²) in [4.78, 5) is 4.81. The Hall–Kier alpha value is -3.84. The number of alkyl halides is 1. The predicted molar refractivity (Wildman–Crippen MR) is 131 cm³/mol. The van der Waals surface area contributed by atoms with Crippen LogP contribution in [0.2, 0.25) is 0 Å². The second kappa shape index (κ2) is 8.50. The number of rotatable bonds is 5. The number of hydrogen-bond acceptors (Lipinski definition) is 5. The molecule has 0 saturated carbocycles. The van der Waals surface area contributed by atoms with Crippen LogP contribution in [0.4, 0.5) is 4.39 Å². The first-order valence-corrected chi connectivity index (χ1v) is 11.5. The third-order valence-corrected chi connectivity index (χ3v) is 6.40. The lowest BCUT2D eigenvalue weighted by Crippen LogP contribution is -2.42. The monoisotopic (exact) mass is 453 g/mol. The third-order valence-electron chi connectivity index (χ3n) is 6.40. The van der Waals surface area contributed by atoms with Gasteiger partial charge in [0, 0.05) is 11.6 Å². The maximum absolute atomic E-state index is 14.9. The van der Waals surface area contributed by atoms with Crippen LogP contribution in [-0.2, 0) is 0 Å². The van der Waals surface area contributed by atoms with Crippen molar-refractivity contribution in [3.63, 3.8) is 0 Å². The van der Waals surface area contributed by atoms with E-state index in [0.29, 0.717) is 37.5 Å². The van der Waals surface area contributed by atoms with E-state index in [0.717, 1.165) is 33.4 Å². The predicted octanol–water partition coefficient (Wildman–Crippen LogP) is 5.08. The number of piperidine rings is 1. The average molecular weight is 454 g/mol. The Morgan fingerprint density at radius 3 is 2.62 bits per heavy atom. The molecule has 0 aliphatic carbocycles. The summed E-state index contributed by atoms with van der Waals surface area (Å²) in [6.45, 7) is 1.45. The van der Waals surface area contributed by atoms with Gasteiger partial charge in [0.2, 0.25) is 0 Å². The van der Waals surface area contributed by atoms with Gasteiger partial charge in [-0.25, -0.2) is 9.37 Å². The standard InChI is InChI=1S/C27H24FN5O/c28-27(12-14-29-15-13-27)18-34-22-8-10-23-20(16-22)6-9-24(30-23)26-32-31-25-11-7-21(17-33(25)26)19-4-2-1-3-5-19/h1-11,16-17,29H,12-15,18H2. The minimum Gasteiger partial charge on any atom is -0.490 e. The van der Waals surface area contributed by atoms with Crippen LogP contribution in [0.25, 0.3) is 39.2 Å². The first kappa shape index (κ1) is 20.7. The van der Waals surface area contributed by atoms with Crippen molar-refractivity contribution in [3.8, 4) is 28.4 Å². The summed E-state index contributed by atoms with van der Waals surface area (Å²) in [6, 6.07) is 23.8. The Kier molecular flexibility index (Phi) is 5.19. The summed E-state index contributed by atoms with van der Waals surface area (Å²) >= 11 is 0. The van der Waals surface area contributed by atoms with Gasteiger partial charge in [0.05, 0.1) is 5.52 Å². The quantitative estimate of drug-likeness (QED) is 0.402. The molecule has 1 saturated heterocycles. The second-order valence-corrected chi connectivity index (χ2v) is 8.78. The smallest absolute Gasteiger partial charge is 0.187 e. The van der Waals surface area contributed by atoms with E-state index in [1.807, 2.05) is 71.3 Å². The van der Waals surface area contributed by atoms with Gasteiger partial charge < -0.3 is 10.1 Å². The van der Waals surface area contributed by atoms with Crippen LogP contribution in [-0.4, -0.2) is 44.9 Å². The van der Waals surface area contributed by atoms with E-state index in [1.165, 1.54) is 0 Å². The minimum atomic E-state index is -1.27. The van der Waals surface area contributed by atoms with Crippen LogP contribution in [0.1, 0.15) is 12.8 Å². The van der Waals surface area contributed by atoms with Crippen LogP contribution in [0.15, 0.2) is 79.0 Å². The molecule has 2 aromatic carbocycles. The molecule has 1 N–H and O–H groups in total. The highest BCUT2D eigenvalue weighted by Crippen LogP contribution is 2.28. The van der Waals surface area contributed by atoms with E-state index in [2.05, 4.69) is 27.6 Å². The normalized spacial score (nSPS) is 15.6. The molecule has 7 heteroatoms. The lowest BCUT2D eigenvalue weighted by atomic mass is 9.95. The van der Waals surface area contributed by atoms with Gasteiger partial charge in [-0.2, -0.15) is 0 Å². The van der Waals surface area contributed by atoms with Gasteiger partial charge in [0.15, 0.2) is 11.5 Å². The number of nitrogens with zero attached hydrogens (tertiary/aromatic N) is 4. The number of hydrogen-bond donors (Lipinski definition) is 1. The van der Waals surface area contributed by atoms with Gasteiger partial charge in [-0.3, -0.25) is 4.40 Å². The van der Waals surface area contributed by atoms with Crippen molar-refractivity contribution in [1.29, 1.82) is 0 Å². The zero-order chi connectivity index (χ0) is 23.0. The molecule has 4 heterocycles. The Balaban J connectivity index is 1.29. The summed E-state index contributed by atoms with van der Waals surface area (Å²) in [6.07, 6.45) is 2.99. The van der Waals surface area contributed by atoms with Gasteiger partial charge in [0.25, 0.3) is 0 Å². The number of aromatic nitrogens is 4.